The maximum absolute atomic E-state index is 12.2. The summed E-state index contributed by atoms with van der Waals surface area (Å²) in [5.74, 6) is 0.330. The minimum absolute atomic E-state index is 0.0652. The van der Waals surface area contributed by atoms with E-state index in [9.17, 15) is 9.59 Å². The number of aromatic nitrogens is 3. The molecule has 0 saturated heterocycles. The fourth-order valence-corrected chi connectivity index (χ4v) is 2.73. The lowest BCUT2D eigenvalue weighted by Crippen LogP contribution is -2.24. The van der Waals surface area contributed by atoms with Crippen molar-refractivity contribution in [3.05, 3.63) is 34.1 Å². The van der Waals surface area contributed by atoms with Crippen molar-refractivity contribution in [3.8, 4) is 0 Å². The van der Waals surface area contributed by atoms with Crippen molar-refractivity contribution >= 4 is 46.7 Å². The van der Waals surface area contributed by atoms with Crippen LogP contribution in [0, 0.1) is 0 Å². The van der Waals surface area contributed by atoms with Crippen LogP contribution in [0.15, 0.2) is 18.2 Å². The van der Waals surface area contributed by atoms with Crippen LogP contribution in [0.1, 0.15) is 25.2 Å². The summed E-state index contributed by atoms with van der Waals surface area (Å²) < 4.78 is 1.45. The highest BCUT2D eigenvalue weighted by Gasteiger charge is 2.34. The molecule has 0 saturated carbocycles. The first kappa shape index (κ1) is 15.8. The Kier molecular flexibility index (Phi) is 4.23. The Bertz CT molecular complexity index is 789. The molecule has 2 heterocycles. The third-order valence-electron chi connectivity index (χ3n) is 3.41. The van der Waals surface area contributed by atoms with Gasteiger partial charge in [0.15, 0.2) is 5.82 Å². The van der Waals surface area contributed by atoms with Crippen LogP contribution in [0.2, 0.25) is 10.0 Å². The average Bonchev–Trinajstić information content (AvgIpc) is 3.01. The van der Waals surface area contributed by atoms with Crippen molar-refractivity contribution in [2.45, 2.75) is 25.8 Å². The van der Waals surface area contributed by atoms with Gasteiger partial charge in [-0.15, -0.1) is 0 Å². The molecule has 1 aliphatic rings. The van der Waals surface area contributed by atoms with Crippen LogP contribution in [0.4, 0.5) is 11.6 Å². The summed E-state index contributed by atoms with van der Waals surface area (Å²) in [5, 5.41) is 10.3. The molecule has 1 aliphatic heterocycles. The molecule has 0 aliphatic carbocycles. The molecule has 23 heavy (non-hydrogen) atoms. The number of carbonyl (C=O) groups excluding carboxylic acids is 2. The van der Waals surface area contributed by atoms with Gasteiger partial charge in [0.1, 0.15) is 6.04 Å². The maximum atomic E-state index is 12.2. The fraction of sp³-hybridized carbons (Fsp3) is 0.286. The SMILES string of the molecule is CCc1nc2n(n1)C(CC(=O)Nc1ccc(Cl)cc1Cl)C(=O)N2. The Balaban J connectivity index is 1.73. The van der Waals surface area contributed by atoms with Gasteiger partial charge in [0.25, 0.3) is 5.91 Å². The van der Waals surface area contributed by atoms with Crippen molar-refractivity contribution in [3.63, 3.8) is 0 Å². The van der Waals surface area contributed by atoms with Crippen LogP contribution in [-0.4, -0.2) is 26.6 Å². The lowest BCUT2D eigenvalue weighted by molar-refractivity contribution is -0.123. The molecule has 1 aromatic carbocycles. The number of anilines is 2. The molecule has 2 amide bonds. The standard InChI is InChI=1S/C14H13Cl2N5O2/c1-2-11-18-14-19-13(23)10(21(14)20-11)6-12(22)17-9-4-3-7(15)5-8(9)16/h3-5,10H,2,6H2,1H3,(H,17,22)(H,18,19,20,23). The number of amides is 2. The zero-order valence-corrected chi connectivity index (χ0v) is 13.6. The summed E-state index contributed by atoms with van der Waals surface area (Å²) >= 11 is 11.8. The molecular formula is C14H13Cl2N5O2. The fourth-order valence-electron chi connectivity index (χ4n) is 2.27. The summed E-state index contributed by atoms with van der Waals surface area (Å²) in [5.41, 5.74) is 0.438. The van der Waals surface area contributed by atoms with Gasteiger partial charge < -0.3 is 5.32 Å². The third kappa shape index (κ3) is 3.16. The first-order valence-electron chi connectivity index (χ1n) is 6.99. The van der Waals surface area contributed by atoms with E-state index in [0.29, 0.717) is 33.9 Å². The van der Waals surface area contributed by atoms with Gasteiger partial charge in [0, 0.05) is 11.4 Å². The average molecular weight is 354 g/mol. The van der Waals surface area contributed by atoms with Gasteiger partial charge in [-0.1, -0.05) is 30.1 Å². The van der Waals surface area contributed by atoms with Gasteiger partial charge in [-0.25, -0.2) is 4.68 Å². The summed E-state index contributed by atoms with van der Waals surface area (Å²) in [6, 6.07) is 4.04. The zero-order chi connectivity index (χ0) is 16.6. The summed E-state index contributed by atoms with van der Waals surface area (Å²) in [7, 11) is 0. The second kappa shape index (κ2) is 6.17. The molecule has 7 nitrogen and oxygen atoms in total. The number of halogens is 2. The molecule has 2 aromatic rings. The van der Waals surface area contributed by atoms with Crippen LogP contribution in [0.3, 0.4) is 0 Å². The lowest BCUT2D eigenvalue weighted by Gasteiger charge is -2.11. The summed E-state index contributed by atoms with van der Waals surface area (Å²) in [6.07, 6.45) is 0.583. The third-order valence-corrected chi connectivity index (χ3v) is 3.96. The topological polar surface area (TPSA) is 88.9 Å². The molecule has 120 valence electrons. The summed E-state index contributed by atoms with van der Waals surface area (Å²) in [4.78, 5) is 28.3. The van der Waals surface area contributed by atoms with E-state index in [4.69, 9.17) is 23.2 Å². The predicted molar refractivity (Wildman–Crippen MR) is 86.8 cm³/mol. The predicted octanol–water partition coefficient (Wildman–Crippen LogP) is 2.67. The molecule has 0 fully saturated rings. The second-order valence-electron chi connectivity index (χ2n) is 5.03. The molecule has 9 heteroatoms. The van der Waals surface area contributed by atoms with Crippen molar-refractivity contribution in [1.29, 1.82) is 0 Å². The van der Waals surface area contributed by atoms with Gasteiger partial charge >= 0.3 is 0 Å². The zero-order valence-electron chi connectivity index (χ0n) is 12.1. The largest absolute Gasteiger partial charge is 0.325 e. The van der Waals surface area contributed by atoms with E-state index in [1.807, 2.05) is 6.92 Å². The molecule has 0 spiro atoms. The van der Waals surface area contributed by atoms with Crippen LogP contribution in [0.25, 0.3) is 0 Å². The van der Waals surface area contributed by atoms with E-state index >= 15 is 0 Å². The van der Waals surface area contributed by atoms with Gasteiger partial charge in [-0.3, -0.25) is 14.9 Å². The van der Waals surface area contributed by atoms with Crippen LogP contribution in [0.5, 0.6) is 0 Å². The van der Waals surface area contributed by atoms with Crippen molar-refractivity contribution in [2.75, 3.05) is 10.6 Å². The highest BCUT2D eigenvalue weighted by Crippen LogP contribution is 2.28. The quantitative estimate of drug-likeness (QED) is 0.884. The van der Waals surface area contributed by atoms with E-state index in [-0.39, 0.29) is 18.2 Å². The first-order chi connectivity index (χ1) is 11.0. The minimum Gasteiger partial charge on any atom is -0.325 e. The monoisotopic (exact) mass is 353 g/mol. The number of hydrogen-bond donors (Lipinski definition) is 2. The highest BCUT2D eigenvalue weighted by molar-refractivity contribution is 6.36. The molecule has 1 aromatic heterocycles. The van der Waals surface area contributed by atoms with Crippen LogP contribution >= 0.6 is 23.2 Å². The number of rotatable bonds is 4. The van der Waals surface area contributed by atoms with Crippen molar-refractivity contribution < 1.29 is 9.59 Å². The summed E-state index contributed by atoms with van der Waals surface area (Å²) in [6.45, 7) is 1.91. The van der Waals surface area contributed by atoms with Crippen LogP contribution < -0.4 is 10.6 Å². The number of aryl methyl sites for hydroxylation is 1. The van der Waals surface area contributed by atoms with E-state index in [1.165, 1.54) is 10.7 Å². The number of carbonyl (C=O) groups is 2. The molecule has 1 atom stereocenters. The molecule has 0 radical (unpaired) electrons. The molecule has 3 rings (SSSR count). The number of benzene rings is 1. The Morgan fingerprint density at radius 3 is 2.91 bits per heavy atom. The smallest absolute Gasteiger partial charge is 0.252 e. The van der Waals surface area contributed by atoms with Gasteiger partial charge in [-0.2, -0.15) is 10.1 Å². The second-order valence-corrected chi connectivity index (χ2v) is 5.87. The van der Waals surface area contributed by atoms with E-state index < -0.39 is 6.04 Å². The number of fused-ring (bicyclic) bond motifs is 1. The molecule has 1 unspecified atom stereocenters. The van der Waals surface area contributed by atoms with E-state index in [0.717, 1.165) is 0 Å². The van der Waals surface area contributed by atoms with Gasteiger partial charge in [-0.05, 0) is 18.2 Å². The number of nitrogens with zero attached hydrogens (tertiary/aromatic N) is 3. The normalized spacial score (nSPS) is 16.1. The lowest BCUT2D eigenvalue weighted by atomic mass is 10.2. The Hall–Kier alpha value is -2.12. The van der Waals surface area contributed by atoms with Crippen molar-refractivity contribution in [2.24, 2.45) is 0 Å². The Labute approximate surface area is 142 Å². The van der Waals surface area contributed by atoms with Crippen LogP contribution in [-0.2, 0) is 16.0 Å². The minimum atomic E-state index is -0.719. The van der Waals surface area contributed by atoms with Crippen molar-refractivity contribution in [1.82, 2.24) is 14.8 Å². The Morgan fingerprint density at radius 2 is 2.22 bits per heavy atom. The van der Waals surface area contributed by atoms with E-state index in [2.05, 4.69) is 20.7 Å². The molecular weight excluding hydrogens is 341 g/mol. The van der Waals surface area contributed by atoms with Gasteiger partial charge in [0.05, 0.1) is 17.1 Å². The van der Waals surface area contributed by atoms with E-state index in [1.54, 1.807) is 12.1 Å². The Morgan fingerprint density at radius 1 is 1.43 bits per heavy atom. The maximum Gasteiger partial charge on any atom is 0.252 e. The first-order valence-corrected chi connectivity index (χ1v) is 7.74. The highest BCUT2D eigenvalue weighted by atomic mass is 35.5. The number of hydrogen-bond acceptors (Lipinski definition) is 4. The molecule has 0 bridgehead atoms. The molecule has 2 N–H and O–H groups in total. The van der Waals surface area contributed by atoms with Gasteiger partial charge in [0.2, 0.25) is 11.9 Å². The number of nitrogens with one attached hydrogen (secondary N) is 2.